The van der Waals surface area contributed by atoms with Gasteiger partial charge in [-0.15, -0.1) is 11.1 Å². The fourth-order valence-electron chi connectivity index (χ4n) is 7.37. The van der Waals surface area contributed by atoms with Crippen molar-refractivity contribution in [2.24, 2.45) is 30.0 Å². The van der Waals surface area contributed by atoms with Crippen LogP contribution >= 0.6 is 11.1 Å². The van der Waals surface area contributed by atoms with Crippen LogP contribution in [0.4, 0.5) is 11.6 Å². The van der Waals surface area contributed by atoms with Crippen molar-refractivity contribution in [1.29, 1.82) is 0 Å². The largest absolute Gasteiger partial charge is 0.413 e. The second-order valence-electron chi connectivity index (χ2n) is 12.1. The number of fused-ring (bicyclic) bond motifs is 14. The summed E-state index contributed by atoms with van der Waals surface area (Å²) in [6.45, 7) is 0. The lowest BCUT2D eigenvalue weighted by atomic mass is 10.1. The van der Waals surface area contributed by atoms with Crippen molar-refractivity contribution < 1.29 is 0 Å². The van der Waals surface area contributed by atoms with Crippen LogP contribution in [0.25, 0.3) is 21.5 Å². The lowest BCUT2D eigenvalue weighted by Crippen LogP contribution is -2.63. The third-order valence-corrected chi connectivity index (χ3v) is 14.3. The number of amidine groups is 4. The van der Waals surface area contributed by atoms with E-state index in [1.165, 1.54) is 0 Å². The molecule has 0 N–H and O–H groups in total. The zero-order valence-corrected chi connectivity index (χ0v) is 26.8. The van der Waals surface area contributed by atoms with Crippen molar-refractivity contribution in [3.8, 4) is 0 Å². The Balaban J connectivity index is 1.48. The van der Waals surface area contributed by atoms with E-state index in [-0.39, 0.29) is 0 Å². The molecule has 0 amide bonds. The molecule has 0 aliphatic carbocycles. The SMILES string of the molecule is Cl[Si]1(c2ccccc2)n2c3c4ccccc4c2N=C2N=C(N=c4c5ccccc5c(n41)=NC1=NC(=N3)c3ccccc31)c1ccccc12. The van der Waals surface area contributed by atoms with E-state index in [4.69, 9.17) is 41.0 Å². The fraction of sp³-hybridized carbons (Fsp3) is 0. The quantitative estimate of drug-likeness (QED) is 0.154. The van der Waals surface area contributed by atoms with Crippen molar-refractivity contribution >= 4 is 80.5 Å². The Labute approximate surface area is 278 Å². The van der Waals surface area contributed by atoms with Gasteiger partial charge in [0.25, 0.3) is 0 Å². The highest BCUT2D eigenvalue weighted by Crippen LogP contribution is 2.43. The van der Waals surface area contributed by atoms with Gasteiger partial charge < -0.3 is 8.47 Å². The molecule has 7 aromatic rings. The highest BCUT2D eigenvalue weighted by molar-refractivity contribution is 7.26. The molecule has 2 aromatic heterocycles. The van der Waals surface area contributed by atoms with Crippen LogP contribution in [0.5, 0.6) is 0 Å². The van der Waals surface area contributed by atoms with Gasteiger partial charge in [0.15, 0.2) is 23.3 Å². The van der Waals surface area contributed by atoms with Crippen molar-refractivity contribution in [2.45, 2.75) is 0 Å². The first-order valence-electron chi connectivity index (χ1n) is 15.7. The lowest BCUT2D eigenvalue weighted by molar-refractivity contribution is 0.961. The van der Waals surface area contributed by atoms with E-state index in [0.29, 0.717) is 46.0 Å². The molecule has 0 radical (unpaired) electrons. The molecular weight excluding hydrogens is 632 g/mol. The number of hydrogen-bond donors (Lipinski definition) is 0. The standard InChI is InChI=1S/C38H21ClN8Si/c39-48(22-12-2-1-3-13-22)46-35-27-18-8-9-19-28(27)37(46)44-33-25-16-6-7-17-26(25)34(41-33)45-38-30-21-11-10-20-29(30)36(47(38)48)43-32-24-15-5-4-14-23(24)31(40-32)42-35/h1-21H. The number of hydrogen-bond acceptors (Lipinski definition) is 6. The van der Waals surface area contributed by atoms with E-state index in [2.05, 4.69) is 69.1 Å². The van der Waals surface area contributed by atoms with Crippen LogP contribution < -0.4 is 16.2 Å². The summed E-state index contributed by atoms with van der Waals surface area (Å²) in [6.07, 6.45) is 0. The second-order valence-corrected chi connectivity index (χ2v) is 16.3. The van der Waals surface area contributed by atoms with Crippen LogP contribution in [0.15, 0.2) is 157 Å². The zero-order chi connectivity index (χ0) is 31.6. The van der Waals surface area contributed by atoms with Gasteiger partial charge in [-0.05, 0) is 5.19 Å². The van der Waals surface area contributed by atoms with Gasteiger partial charge in [-0.3, -0.25) is 0 Å². The summed E-state index contributed by atoms with van der Waals surface area (Å²) in [5.74, 6) is 3.70. The van der Waals surface area contributed by atoms with Crippen molar-refractivity contribution in [1.82, 2.24) is 8.47 Å². The molecule has 0 saturated carbocycles. The molecule has 224 valence electrons. The fourth-order valence-corrected chi connectivity index (χ4v) is 11.8. The maximum atomic E-state index is 8.54. The average molecular weight is 653 g/mol. The lowest BCUT2D eigenvalue weighted by Gasteiger charge is -2.30. The third kappa shape index (κ3) is 3.28. The maximum Gasteiger partial charge on any atom is 0.413 e. The molecule has 0 spiro atoms. The molecule has 4 aliphatic heterocycles. The molecule has 8 nitrogen and oxygen atoms in total. The van der Waals surface area contributed by atoms with E-state index < -0.39 is 7.71 Å². The minimum atomic E-state index is -3.75. The third-order valence-electron chi connectivity index (χ3n) is 9.49. The Morgan fingerprint density at radius 2 is 0.750 bits per heavy atom. The Hall–Kier alpha value is -6.03. The van der Waals surface area contributed by atoms with Gasteiger partial charge in [-0.25, -0.2) is 30.0 Å². The Morgan fingerprint density at radius 3 is 1.21 bits per heavy atom. The molecule has 6 heterocycles. The summed E-state index contributed by atoms with van der Waals surface area (Å²) in [6, 6.07) is 43.0. The summed E-state index contributed by atoms with van der Waals surface area (Å²) in [5.41, 5.74) is 5.02. The summed E-state index contributed by atoms with van der Waals surface area (Å²) < 4.78 is 4.32. The molecule has 1 unspecified atom stereocenters. The van der Waals surface area contributed by atoms with Crippen molar-refractivity contribution in [2.75, 3.05) is 0 Å². The van der Waals surface area contributed by atoms with Crippen LogP contribution in [0.2, 0.25) is 0 Å². The van der Waals surface area contributed by atoms with Gasteiger partial charge in [0, 0.05) is 43.8 Å². The van der Waals surface area contributed by atoms with Gasteiger partial charge in [0.05, 0.1) is 0 Å². The number of halogens is 1. The van der Waals surface area contributed by atoms with Gasteiger partial charge >= 0.3 is 7.71 Å². The predicted octanol–water partition coefficient (Wildman–Crippen LogP) is 6.02. The smallest absolute Gasteiger partial charge is 0.302 e. The van der Waals surface area contributed by atoms with E-state index in [1.54, 1.807) is 0 Å². The van der Waals surface area contributed by atoms with Crippen molar-refractivity contribution in [3.63, 3.8) is 0 Å². The van der Waals surface area contributed by atoms with Crippen LogP contribution in [0, 0.1) is 0 Å². The zero-order valence-electron chi connectivity index (χ0n) is 25.1. The molecule has 4 aliphatic rings. The van der Waals surface area contributed by atoms with E-state index >= 15 is 0 Å². The minimum absolute atomic E-state index is 0.585. The molecule has 10 heteroatoms. The number of aromatic nitrogens is 2. The first kappa shape index (κ1) is 26.1. The maximum absolute atomic E-state index is 8.54. The number of nitrogens with zero attached hydrogens (tertiary/aromatic N) is 8. The average Bonchev–Trinajstić information content (AvgIpc) is 3.85. The second kappa shape index (κ2) is 9.28. The van der Waals surface area contributed by atoms with Crippen LogP contribution in [-0.2, 0) is 0 Å². The molecule has 11 rings (SSSR count). The molecular formula is C38H21ClN8Si. The number of rotatable bonds is 1. The summed E-state index contributed by atoms with van der Waals surface area (Å²) in [7, 11) is -3.75. The monoisotopic (exact) mass is 652 g/mol. The molecule has 0 fully saturated rings. The van der Waals surface area contributed by atoms with Gasteiger partial charge in [-0.1, -0.05) is 127 Å². The van der Waals surface area contributed by atoms with Gasteiger partial charge in [0.1, 0.15) is 22.6 Å². The summed E-state index contributed by atoms with van der Waals surface area (Å²) in [4.78, 5) is 31.7. The Kier molecular flexibility index (Phi) is 5.04. The van der Waals surface area contributed by atoms with E-state index in [9.17, 15) is 0 Å². The topological polar surface area (TPSA) is 84.0 Å². The minimum Gasteiger partial charge on any atom is -0.302 e. The van der Waals surface area contributed by atoms with Gasteiger partial charge in [-0.2, -0.15) is 0 Å². The van der Waals surface area contributed by atoms with E-state index in [1.807, 2.05) is 66.7 Å². The molecule has 0 saturated heterocycles. The highest BCUT2D eigenvalue weighted by Gasteiger charge is 2.47. The molecule has 5 aromatic carbocycles. The van der Waals surface area contributed by atoms with Crippen LogP contribution in [0.1, 0.15) is 22.3 Å². The normalized spacial score (nSPS) is 18.2. The van der Waals surface area contributed by atoms with Crippen molar-refractivity contribution in [3.05, 3.63) is 161 Å². The predicted molar refractivity (Wildman–Crippen MR) is 193 cm³/mol. The molecule has 48 heavy (non-hydrogen) atoms. The summed E-state index contributed by atoms with van der Waals surface area (Å²) >= 11 is 8.54. The molecule has 1 atom stereocenters. The Morgan fingerprint density at radius 1 is 0.375 bits per heavy atom. The van der Waals surface area contributed by atoms with E-state index in [0.717, 1.165) is 49.0 Å². The number of benzene rings is 5. The number of aliphatic imine (C=N–C) groups is 4. The highest BCUT2D eigenvalue weighted by atomic mass is 35.6. The first-order valence-corrected chi connectivity index (χ1v) is 18.6. The first-order chi connectivity index (χ1) is 23.7. The van der Waals surface area contributed by atoms with Crippen LogP contribution in [-0.4, -0.2) is 39.5 Å². The Bertz CT molecular complexity index is 2700. The van der Waals surface area contributed by atoms with Crippen LogP contribution in [0.3, 0.4) is 0 Å². The summed E-state index contributed by atoms with van der Waals surface area (Å²) in [5, 5.41) is 4.61. The van der Waals surface area contributed by atoms with Gasteiger partial charge in [0.2, 0.25) is 0 Å². The molecule has 6 bridgehead atoms.